The second-order valence-electron chi connectivity index (χ2n) is 4.81. The molecule has 2 rings (SSSR count). The monoisotopic (exact) mass is 280 g/mol. The molecule has 1 aromatic carbocycles. The van der Waals surface area contributed by atoms with Gasteiger partial charge in [-0.1, -0.05) is 6.92 Å². The summed E-state index contributed by atoms with van der Waals surface area (Å²) < 4.78 is 16.2. The van der Waals surface area contributed by atoms with Crippen LogP contribution in [-0.2, 0) is 0 Å². The molecule has 0 amide bonds. The summed E-state index contributed by atoms with van der Waals surface area (Å²) in [6.45, 7) is 6.25. The van der Waals surface area contributed by atoms with Crippen molar-refractivity contribution in [3.05, 3.63) is 17.7 Å². The van der Waals surface area contributed by atoms with Crippen LogP contribution in [0.3, 0.4) is 0 Å². The maximum Gasteiger partial charge on any atom is 0.203 e. The van der Waals surface area contributed by atoms with Gasteiger partial charge in [-0.05, 0) is 24.2 Å². The molecule has 0 aromatic heterocycles. The van der Waals surface area contributed by atoms with E-state index in [-0.39, 0.29) is 0 Å². The van der Waals surface area contributed by atoms with E-state index in [0.717, 1.165) is 26.2 Å². The first-order chi connectivity index (χ1) is 9.74. The van der Waals surface area contributed by atoms with E-state index in [9.17, 15) is 0 Å². The minimum atomic E-state index is 0.336. The van der Waals surface area contributed by atoms with Gasteiger partial charge < -0.3 is 19.5 Å². The highest BCUT2D eigenvalue weighted by Gasteiger charge is 2.25. The molecule has 5 nitrogen and oxygen atoms in total. The van der Waals surface area contributed by atoms with E-state index in [0.29, 0.717) is 23.3 Å². The molecule has 0 radical (unpaired) electrons. The minimum Gasteiger partial charge on any atom is -0.493 e. The van der Waals surface area contributed by atoms with Gasteiger partial charge in [0.2, 0.25) is 5.75 Å². The first-order valence-corrected chi connectivity index (χ1v) is 6.99. The summed E-state index contributed by atoms with van der Waals surface area (Å²) in [6.07, 6.45) is 0. The summed E-state index contributed by atoms with van der Waals surface area (Å²) in [7, 11) is 4.93. The molecule has 1 heterocycles. The molecule has 1 N–H and O–H groups in total. The standard InChI is InChI=1S/C15H24N2O3/c1-5-17-7-6-16-10-12(17)11-8-13(18-2)15(20-4)14(9-11)19-3/h8-9,12,16H,5-7,10H2,1-4H3. The van der Waals surface area contributed by atoms with Crippen LogP contribution in [0.1, 0.15) is 18.5 Å². The normalized spacial score (nSPS) is 19.7. The van der Waals surface area contributed by atoms with Gasteiger partial charge in [-0.3, -0.25) is 4.90 Å². The molecule has 0 bridgehead atoms. The van der Waals surface area contributed by atoms with Gasteiger partial charge >= 0.3 is 0 Å². The predicted molar refractivity (Wildman–Crippen MR) is 79.0 cm³/mol. The highest BCUT2D eigenvalue weighted by Crippen LogP contribution is 2.40. The molecule has 1 fully saturated rings. The second kappa shape index (κ2) is 6.81. The molecule has 1 saturated heterocycles. The van der Waals surface area contributed by atoms with Crippen LogP contribution in [0.2, 0.25) is 0 Å². The van der Waals surface area contributed by atoms with Crippen LogP contribution < -0.4 is 19.5 Å². The summed E-state index contributed by atoms with van der Waals surface area (Å²) in [4.78, 5) is 2.46. The van der Waals surface area contributed by atoms with Crippen molar-refractivity contribution in [2.24, 2.45) is 0 Å². The van der Waals surface area contributed by atoms with Crippen molar-refractivity contribution >= 4 is 0 Å². The Labute approximate surface area is 120 Å². The number of likely N-dealkylation sites (N-methyl/N-ethyl adjacent to an activating group) is 1. The Bertz CT molecular complexity index is 426. The quantitative estimate of drug-likeness (QED) is 0.889. The van der Waals surface area contributed by atoms with E-state index in [1.54, 1.807) is 21.3 Å². The van der Waals surface area contributed by atoms with Gasteiger partial charge in [-0.15, -0.1) is 0 Å². The number of nitrogens with zero attached hydrogens (tertiary/aromatic N) is 1. The molecule has 1 unspecified atom stereocenters. The Balaban J connectivity index is 2.40. The van der Waals surface area contributed by atoms with Crippen LogP contribution in [-0.4, -0.2) is 52.4 Å². The SMILES string of the molecule is CCN1CCNCC1c1cc(OC)c(OC)c(OC)c1. The van der Waals surface area contributed by atoms with Crippen molar-refractivity contribution in [2.45, 2.75) is 13.0 Å². The molecule has 0 saturated carbocycles. The molecule has 20 heavy (non-hydrogen) atoms. The van der Waals surface area contributed by atoms with Crippen LogP contribution in [0.25, 0.3) is 0 Å². The third-order valence-electron chi connectivity index (χ3n) is 3.83. The molecule has 1 aromatic rings. The number of nitrogens with one attached hydrogen (secondary N) is 1. The number of ether oxygens (including phenoxy) is 3. The van der Waals surface area contributed by atoms with Crippen LogP contribution in [0.4, 0.5) is 0 Å². The largest absolute Gasteiger partial charge is 0.493 e. The van der Waals surface area contributed by atoms with Gasteiger partial charge in [-0.2, -0.15) is 0 Å². The number of piperazine rings is 1. The zero-order valence-corrected chi connectivity index (χ0v) is 12.7. The Morgan fingerprint density at radius 2 is 1.80 bits per heavy atom. The van der Waals surface area contributed by atoms with E-state index in [2.05, 4.69) is 17.1 Å². The van der Waals surface area contributed by atoms with Crippen molar-refractivity contribution in [3.63, 3.8) is 0 Å². The van der Waals surface area contributed by atoms with Crippen molar-refractivity contribution in [2.75, 3.05) is 47.5 Å². The van der Waals surface area contributed by atoms with Crippen molar-refractivity contribution in [3.8, 4) is 17.2 Å². The molecular weight excluding hydrogens is 256 g/mol. The maximum atomic E-state index is 5.44. The number of hydrogen-bond donors (Lipinski definition) is 1. The summed E-state index contributed by atoms with van der Waals surface area (Å²) in [5.41, 5.74) is 1.19. The van der Waals surface area contributed by atoms with Gasteiger partial charge in [0, 0.05) is 25.7 Å². The third kappa shape index (κ3) is 2.83. The third-order valence-corrected chi connectivity index (χ3v) is 3.83. The molecule has 1 aliphatic heterocycles. The van der Waals surface area contributed by atoms with E-state index in [1.165, 1.54) is 5.56 Å². The average molecular weight is 280 g/mol. The zero-order valence-electron chi connectivity index (χ0n) is 12.7. The van der Waals surface area contributed by atoms with E-state index in [4.69, 9.17) is 14.2 Å². The molecule has 1 aliphatic rings. The fraction of sp³-hybridized carbons (Fsp3) is 0.600. The molecule has 5 heteroatoms. The lowest BCUT2D eigenvalue weighted by Gasteiger charge is -2.36. The number of rotatable bonds is 5. The lowest BCUT2D eigenvalue weighted by Crippen LogP contribution is -2.45. The smallest absolute Gasteiger partial charge is 0.203 e. The van der Waals surface area contributed by atoms with Crippen molar-refractivity contribution in [1.29, 1.82) is 0 Å². The van der Waals surface area contributed by atoms with Crippen LogP contribution in [0, 0.1) is 0 Å². The van der Waals surface area contributed by atoms with Gasteiger partial charge in [0.15, 0.2) is 11.5 Å². The topological polar surface area (TPSA) is 43.0 Å². The van der Waals surface area contributed by atoms with E-state index in [1.807, 2.05) is 12.1 Å². The van der Waals surface area contributed by atoms with Crippen LogP contribution >= 0.6 is 0 Å². The zero-order chi connectivity index (χ0) is 14.5. The number of benzene rings is 1. The highest BCUT2D eigenvalue weighted by molar-refractivity contribution is 5.54. The van der Waals surface area contributed by atoms with Crippen LogP contribution in [0.15, 0.2) is 12.1 Å². The Morgan fingerprint density at radius 3 is 2.30 bits per heavy atom. The first-order valence-electron chi connectivity index (χ1n) is 6.99. The van der Waals surface area contributed by atoms with Crippen molar-refractivity contribution < 1.29 is 14.2 Å². The first kappa shape index (κ1) is 14.9. The Hall–Kier alpha value is -1.46. The van der Waals surface area contributed by atoms with Crippen LogP contribution in [0.5, 0.6) is 17.2 Å². The highest BCUT2D eigenvalue weighted by atomic mass is 16.5. The van der Waals surface area contributed by atoms with E-state index >= 15 is 0 Å². The Kier molecular flexibility index (Phi) is 5.09. The number of methoxy groups -OCH3 is 3. The summed E-state index contributed by atoms with van der Waals surface area (Å²) in [6, 6.07) is 4.42. The van der Waals surface area contributed by atoms with Gasteiger partial charge in [0.05, 0.1) is 21.3 Å². The van der Waals surface area contributed by atoms with Crippen molar-refractivity contribution in [1.82, 2.24) is 10.2 Å². The van der Waals surface area contributed by atoms with E-state index < -0.39 is 0 Å². The van der Waals surface area contributed by atoms with Gasteiger partial charge in [0.1, 0.15) is 0 Å². The fourth-order valence-electron chi connectivity index (χ4n) is 2.75. The average Bonchev–Trinajstić information content (AvgIpc) is 2.53. The lowest BCUT2D eigenvalue weighted by molar-refractivity contribution is 0.170. The molecule has 1 atom stereocenters. The number of hydrogen-bond acceptors (Lipinski definition) is 5. The summed E-state index contributed by atoms with van der Waals surface area (Å²) in [5, 5.41) is 3.45. The van der Waals surface area contributed by atoms with Gasteiger partial charge in [-0.25, -0.2) is 0 Å². The summed E-state index contributed by atoms with van der Waals surface area (Å²) in [5.74, 6) is 2.07. The molecule has 112 valence electrons. The lowest BCUT2D eigenvalue weighted by atomic mass is 10.0. The van der Waals surface area contributed by atoms with Gasteiger partial charge in [0.25, 0.3) is 0 Å². The summed E-state index contributed by atoms with van der Waals surface area (Å²) >= 11 is 0. The predicted octanol–water partition coefficient (Wildman–Crippen LogP) is 1.68. The molecule has 0 spiro atoms. The molecule has 0 aliphatic carbocycles. The molecular formula is C15H24N2O3. The Morgan fingerprint density at radius 1 is 1.15 bits per heavy atom. The minimum absolute atomic E-state index is 0.336. The second-order valence-corrected chi connectivity index (χ2v) is 4.81. The maximum absolute atomic E-state index is 5.44. The fourth-order valence-corrected chi connectivity index (χ4v) is 2.75.